The monoisotopic (exact) mass is 422 g/mol. The quantitative estimate of drug-likeness (QED) is 0.755. The highest BCUT2D eigenvalue weighted by Crippen LogP contribution is 2.60. The van der Waals surface area contributed by atoms with Crippen molar-refractivity contribution < 1.29 is 19.1 Å². The zero-order valence-electron chi connectivity index (χ0n) is 17.9. The number of hydrogen-bond acceptors (Lipinski definition) is 4. The van der Waals surface area contributed by atoms with Gasteiger partial charge in [-0.05, 0) is 87.3 Å². The minimum atomic E-state index is -0.200. The van der Waals surface area contributed by atoms with Crippen LogP contribution in [0.3, 0.4) is 0 Å². The zero-order chi connectivity index (χ0) is 21.2. The highest BCUT2D eigenvalue weighted by molar-refractivity contribution is 6.01. The first-order chi connectivity index (χ1) is 15.0. The van der Waals surface area contributed by atoms with Gasteiger partial charge >= 0.3 is 0 Å². The van der Waals surface area contributed by atoms with Gasteiger partial charge in [0.15, 0.2) is 12.4 Å². The van der Waals surface area contributed by atoms with E-state index in [2.05, 4.69) is 10.2 Å². The van der Waals surface area contributed by atoms with E-state index in [0.29, 0.717) is 36.0 Å². The predicted molar refractivity (Wildman–Crippen MR) is 115 cm³/mol. The van der Waals surface area contributed by atoms with Crippen molar-refractivity contribution in [2.24, 2.45) is 29.1 Å². The number of ketones is 1. The van der Waals surface area contributed by atoms with Crippen molar-refractivity contribution in [3.8, 4) is 5.75 Å². The molecule has 7 rings (SSSR count). The largest absolute Gasteiger partial charge is 0.482 e. The van der Waals surface area contributed by atoms with Gasteiger partial charge in [0.25, 0.3) is 5.91 Å². The molecule has 2 heterocycles. The standard InChI is InChI=1S/C25H30N2O4/c28-22-14-31-21-2-1-19(10-20(21)26-22)23(29)18-3-5-27(6-4-18)24(30)25-11-15-7-16(12-25)9-17(8-15)13-25/h1-2,10,15-18H,3-9,11-14H2,(H,26,28). The Bertz CT molecular complexity index is 912. The van der Waals surface area contributed by atoms with Crippen LogP contribution in [0.2, 0.25) is 0 Å². The molecule has 0 spiro atoms. The summed E-state index contributed by atoms with van der Waals surface area (Å²) >= 11 is 0. The molecule has 1 saturated heterocycles. The molecule has 5 fully saturated rings. The summed E-state index contributed by atoms with van der Waals surface area (Å²) in [6, 6.07) is 5.26. The molecule has 1 aromatic rings. The highest BCUT2D eigenvalue weighted by atomic mass is 16.5. The van der Waals surface area contributed by atoms with E-state index >= 15 is 0 Å². The van der Waals surface area contributed by atoms with E-state index in [-0.39, 0.29) is 29.6 Å². The van der Waals surface area contributed by atoms with Gasteiger partial charge in [-0.25, -0.2) is 0 Å². The molecular weight excluding hydrogens is 392 g/mol. The third kappa shape index (κ3) is 3.26. The van der Waals surface area contributed by atoms with Crippen molar-refractivity contribution in [1.82, 2.24) is 4.90 Å². The van der Waals surface area contributed by atoms with Crippen LogP contribution in [0.1, 0.15) is 61.7 Å². The summed E-state index contributed by atoms with van der Waals surface area (Å²) in [6.07, 6.45) is 8.76. The highest BCUT2D eigenvalue weighted by Gasteiger charge is 2.55. The number of nitrogens with zero attached hydrogens (tertiary/aromatic N) is 1. The Hall–Kier alpha value is -2.37. The molecular formula is C25H30N2O4. The number of anilines is 1. The van der Waals surface area contributed by atoms with Crippen molar-refractivity contribution in [1.29, 1.82) is 0 Å². The summed E-state index contributed by atoms with van der Waals surface area (Å²) < 4.78 is 5.39. The maximum absolute atomic E-state index is 13.6. The maximum Gasteiger partial charge on any atom is 0.262 e. The molecule has 0 unspecified atom stereocenters. The number of carbonyl (C=O) groups is 3. The normalized spacial score (nSPS) is 34.1. The molecule has 0 atom stereocenters. The van der Waals surface area contributed by atoms with E-state index in [1.165, 1.54) is 19.3 Å². The molecule has 1 aromatic carbocycles. The van der Waals surface area contributed by atoms with Gasteiger partial charge in [-0.1, -0.05) is 0 Å². The lowest BCUT2D eigenvalue weighted by Gasteiger charge is -2.57. The van der Waals surface area contributed by atoms with Crippen molar-refractivity contribution in [3.05, 3.63) is 23.8 Å². The van der Waals surface area contributed by atoms with Gasteiger partial charge in [0.05, 0.1) is 11.1 Å². The Morgan fingerprint density at radius 1 is 1.00 bits per heavy atom. The number of Topliss-reactive ketones (excluding diaryl/α,β-unsaturated/α-hetero) is 1. The average Bonchev–Trinajstić information content (AvgIpc) is 2.77. The summed E-state index contributed by atoms with van der Waals surface area (Å²) in [5.74, 6) is 3.11. The molecule has 6 heteroatoms. The van der Waals surface area contributed by atoms with Crippen molar-refractivity contribution in [2.75, 3.05) is 25.0 Å². The van der Waals surface area contributed by atoms with Crippen LogP contribution in [-0.2, 0) is 9.59 Å². The first-order valence-corrected chi connectivity index (χ1v) is 11.9. The topological polar surface area (TPSA) is 75.7 Å². The predicted octanol–water partition coefficient (Wildman–Crippen LogP) is 3.66. The van der Waals surface area contributed by atoms with Gasteiger partial charge in [-0.2, -0.15) is 0 Å². The van der Waals surface area contributed by atoms with Gasteiger partial charge in [0.2, 0.25) is 5.91 Å². The number of likely N-dealkylation sites (tertiary alicyclic amines) is 1. The Balaban J connectivity index is 1.11. The van der Waals surface area contributed by atoms with Crippen LogP contribution in [0.15, 0.2) is 18.2 Å². The van der Waals surface area contributed by atoms with Crippen LogP contribution in [0.4, 0.5) is 5.69 Å². The molecule has 1 N–H and O–H groups in total. The third-order valence-electron chi connectivity index (χ3n) is 8.54. The van der Waals surface area contributed by atoms with E-state index in [0.717, 1.165) is 49.9 Å². The number of rotatable bonds is 3. The van der Waals surface area contributed by atoms with Crippen LogP contribution in [0, 0.1) is 29.1 Å². The molecule has 2 amide bonds. The fourth-order valence-electron chi connectivity index (χ4n) is 7.52. The SMILES string of the molecule is O=C1COc2ccc(C(=O)C3CCN(C(=O)C45CC6CC(CC(C6)C4)C5)CC3)cc2N1. The molecule has 0 aromatic heterocycles. The van der Waals surface area contributed by atoms with Gasteiger partial charge in [-0.3, -0.25) is 14.4 Å². The summed E-state index contributed by atoms with van der Waals surface area (Å²) in [6.45, 7) is 1.38. The molecule has 0 radical (unpaired) electrons. The number of fused-ring (bicyclic) bond motifs is 1. The number of ether oxygens (including phenoxy) is 1. The van der Waals surface area contributed by atoms with E-state index in [9.17, 15) is 14.4 Å². The molecule has 2 aliphatic heterocycles. The third-order valence-corrected chi connectivity index (χ3v) is 8.54. The van der Waals surface area contributed by atoms with Gasteiger partial charge in [0.1, 0.15) is 5.75 Å². The summed E-state index contributed by atoms with van der Waals surface area (Å²) in [7, 11) is 0. The summed E-state index contributed by atoms with van der Waals surface area (Å²) in [4.78, 5) is 40.3. The van der Waals surface area contributed by atoms with E-state index < -0.39 is 0 Å². The number of nitrogens with one attached hydrogen (secondary N) is 1. The lowest BCUT2D eigenvalue weighted by Crippen LogP contribution is -2.55. The molecule has 4 bridgehead atoms. The summed E-state index contributed by atoms with van der Waals surface area (Å²) in [5, 5.41) is 2.77. The molecule has 31 heavy (non-hydrogen) atoms. The second kappa shape index (κ2) is 7.07. The average molecular weight is 423 g/mol. The maximum atomic E-state index is 13.6. The minimum Gasteiger partial charge on any atom is -0.482 e. The van der Waals surface area contributed by atoms with E-state index in [1.807, 2.05) is 0 Å². The Kier molecular flexibility index (Phi) is 4.41. The van der Waals surface area contributed by atoms with Crippen LogP contribution in [0.25, 0.3) is 0 Å². The fraction of sp³-hybridized carbons (Fsp3) is 0.640. The number of amides is 2. The van der Waals surface area contributed by atoms with Gasteiger partial charge in [0, 0.05) is 24.6 Å². The van der Waals surface area contributed by atoms with Crippen LogP contribution >= 0.6 is 0 Å². The number of carbonyl (C=O) groups excluding carboxylic acids is 3. The Morgan fingerprint density at radius 2 is 1.65 bits per heavy atom. The van der Waals surface area contributed by atoms with E-state index in [1.54, 1.807) is 18.2 Å². The lowest BCUT2D eigenvalue weighted by atomic mass is 9.49. The first kappa shape index (κ1) is 19.3. The molecule has 6 aliphatic rings. The number of benzene rings is 1. The second-order valence-corrected chi connectivity index (χ2v) is 10.7. The van der Waals surface area contributed by atoms with Gasteiger partial charge < -0.3 is 15.0 Å². The van der Waals surface area contributed by atoms with Crippen molar-refractivity contribution >= 4 is 23.3 Å². The van der Waals surface area contributed by atoms with E-state index in [4.69, 9.17) is 4.74 Å². The fourth-order valence-corrected chi connectivity index (χ4v) is 7.52. The number of hydrogen-bond donors (Lipinski definition) is 1. The smallest absolute Gasteiger partial charge is 0.262 e. The second-order valence-electron chi connectivity index (χ2n) is 10.7. The minimum absolute atomic E-state index is 0.0104. The van der Waals surface area contributed by atoms with Crippen molar-refractivity contribution in [2.45, 2.75) is 51.4 Å². The van der Waals surface area contributed by atoms with Crippen LogP contribution in [-0.4, -0.2) is 42.2 Å². The van der Waals surface area contributed by atoms with Crippen molar-refractivity contribution in [3.63, 3.8) is 0 Å². The zero-order valence-corrected chi connectivity index (χ0v) is 17.9. The number of piperidine rings is 1. The summed E-state index contributed by atoms with van der Waals surface area (Å²) in [5.41, 5.74) is 1.08. The Morgan fingerprint density at radius 3 is 2.29 bits per heavy atom. The molecule has 4 aliphatic carbocycles. The first-order valence-electron chi connectivity index (χ1n) is 11.9. The molecule has 4 saturated carbocycles. The molecule has 6 nitrogen and oxygen atoms in total. The lowest BCUT2D eigenvalue weighted by molar-refractivity contribution is -0.158. The Labute approximate surface area is 182 Å². The van der Waals surface area contributed by atoms with Crippen LogP contribution in [0.5, 0.6) is 5.75 Å². The van der Waals surface area contributed by atoms with Crippen LogP contribution < -0.4 is 10.1 Å². The molecule has 164 valence electrons. The van der Waals surface area contributed by atoms with Gasteiger partial charge in [-0.15, -0.1) is 0 Å².